The van der Waals surface area contributed by atoms with Gasteiger partial charge in [0.25, 0.3) is 0 Å². The molecule has 1 heterocycles. The largest absolute Gasteiger partial charge is 0.356 e. The van der Waals surface area contributed by atoms with Gasteiger partial charge in [0.2, 0.25) is 5.91 Å². The van der Waals surface area contributed by atoms with E-state index < -0.39 is 0 Å². The van der Waals surface area contributed by atoms with Crippen LogP contribution < -0.4 is 5.32 Å². The van der Waals surface area contributed by atoms with Crippen LogP contribution in [0.25, 0.3) is 0 Å². The van der Waals surface area contributed by atoms with E-state index in [9.17, 15) is 4.79 Å². The minimum Gasteiger partial charge on any atom is -0.356 e. The molecule has 20 heavy (non-hydrogen) atoms. The van der Waals surface area contributed by atoms with Crippen LogP contribution in [0.3, 0.4) is 0 Å². The fourth-order valence-electron chi connectivity index (χ4n) is 1.98. The number of hydrogen-bond acceptors (Lipinski definition) is 3. The lowest BCUT2D eigenvalue weighted by molar-refractivity contribution is -0.121. The van der Waals surface area contributed by atoms with Gasteiger partial charge < -0.3 is 5.32 Å². The molecule has 0 saturated carbocycles. The summed E-state index contributed by atoms with van der Waals surface area (Å²) in [6.45, 7) is 2.73. The van der Waals surface area contributed by atoms with Crippen LogP contribution in [-0.2, 0) is 17.6 Å². The number of benzene rings is 1. The fraction of sp³-hybridized carbons (Fsp3) is 0.375. The van der Waals surface area contributed by atoms with Gasteiger partial charge in [-0.2, -0.15) is 0 Å². The molecule has 0 unspecified atom stereocenters. The monoisotopic (exact) mass is 288 g/mol. The number of hydrogen-bond donors (Lipinski definition) is 1. The molecule has 2 rings (SSSR count). The van der Waals surface area contributed by atoms with Crippen molar-refractivity contribution in [2.75, 3.05) is 6.54 Å². The summed E-state index contributed by atoms with van der Waals surface area (Å²) in [6.07, 6.45) is 3.25. The van der Waals surface area contributed by atoms with Crippen molar-refractivity contribution in [1.82, 2.24) is 10.3 Å². The molecular weight excluding hydrogens is 268 g/mol. The Labute approximate surface area is 124 Å². The Morgan fingerprint density at radius 3 is 2.75 bits per heavy atom. The van der Waals surface area contributed by atoms with E-state index in [4.69, 9.17) is 0 Å². The van der Waals surface area contributed by atoms with E-state index in [2.05, 4.69) is 27.8 Å². The molecule has 1 aromatic heterocycles. The average Bonchev–Trinajstić information content (AvgIpc) is 2.88. The number of rotatable bonds is 7. The lowest BCUT2D eigenvalue weighted by atomic mass is 10.1. The molecule has 0 spiro atoms. The van der Waals surface area contributed by atoms with Gasteiger partial charge in [0, 0.05) is 30.5 Å². The third kappa shape index (κ3) is 5.13. The van der Waals surface area contributed by atoms with Gasteiger partial charge in [-0.1, -0.05) is 30.3 Å². The van der Waals surface area contributed by atoms with E-state index in [1.165, 1.54) is 5.56 Å². The van der Waals surface area contributed by atoms with Crippen LogP contribution in [0, 0.1) is 6.92 Å². The molecule has 4 heteroatoms. The zero-order chi connectivity index (χ0) is 14.2. The van der Waals surface area contributed by atoms with Crippen molar-refractivity contribution >= 4 is 17.2 Å². The second kappa shape index (κ2) is 7.80. The zero-order valence-electron chi connectivity index (χ0n) is 11.8. The summed E-state index contributed by atoms with van der Waals surface area (Å²) in [6, 6.07) is 10.1. The SMILES string of the molecule is Cc1csc(CCCNC(=O)CCc2ccccc2)n1. The Kier molecular flexibility index (Phi) is 5.74. The lowest BCUT2D eigenvalue weighted by Gasteiger charge is -2.04. The smallest absolute Gasteiger partial charge is 0.220 e. The highest BCUT2D eigenvalue weighted by Gasteiger charge is 2.02. The summed E-state index contributed by atoms with van der Waals surface area (Å²) in [5.41, 5.74) is 2.29. The van der Waals surface area contributed by atoms with E-state index in [0.29, 0.717) is 6.42 Å². The Bertz CT molecular complexity index is 536. The number of nitrogens with one attached hydrogen (secondary N) is 1. The van der Waals surface area contributed by atoms with Gasteiger partial charge in [0.05, 0.1) is 5.01 Å². The number of amides is 1. The Balaban J connectivity index is 1.58. The molecular formula is C16H20N2OS. The normalized spacial score (nSPS) is 10.4. The molecule has 0 radical (unpaired) electrons. The van der Waals surface area contributed by atoms with Crippen LogP contribution in [0.5, 0.6) is 0 Å². The average molecular weight is 288 g/mol. The molecule has 0 atom stereocenters. The van der Waals surface area contributed by atoms with E-state index in [1.54, 1.807) is 11.3 Å². The predicted molar refractivity (Wildman–Crippen MR) is 82.9 cm³/mol. The first-order valence-electron chi connectivity index (χ1n) is 6.95. The molecule has 3 nitrogen and oxygen atoms in total. The molecule has 1 N–H and O–H groups in total. The summed E-state index contributed by atoms with van der Waals surface area (Å²) < 4.78 is 0. The van der Waals surface area contributed by atoms with Gasteiger partial charge in [-0.15, -0.1) is 11.3 Å². The maximum absolute atomic E-state index is 11.7. The second-order valence-corrected chi connectivity index (χ2v) is 5.76. The summed E-state index contributed by atoms with van der Waals surface area (Å²) in [5, 5.41) is 6.18. The van der Waals surface area contributed by atoms with Crippen LogP contribution in [0.15, 0.2) is 35.7 Å². The van der Waals surface area contributed by atoms with Crippen LogP contribution in [-0.4, -0.2) is 17.4 Å². The van der Waals surface area contributed by atoms with Gasteiger partial charge in [0.15, 0.2) is 0 Å². The topological polar surface area (TPSA) is 42.0 Å². The summed E-state index contributed by atoms with van der Waals surface area (Å²) >= 11 is 1.69. The zero-order valence-corrected chi connectivity index (χ0v) is 12.6. The fourth-order valence-corrected chi connectivity index (χ4v) is 2.79. The Morgan fingerprint density at radius 2 is 2.05 bits per heavy atom. The Hall–Kier alpha value is -1.68. The van der Waals surface area contributed by atoms with Crippen LogP contribution in [0.4, 0.5) is 0 Å². The van der Waals surface area contributed by atoms with E-state index in [1.807, 2.05) is 25.1 Å². The van der Waals surface area contributed by atoms with Crippen molar-refractivity contribution in [1.29, 1.82) is 0 Å². The van der Waals surface area contributed by atoms with Crippen LogP contribution in [0.1, 0.15) is 29.1 Å². The molecule has 0 aliphatic carbocycles. The summed E-state index contributed by atoms with van der Waals surface area (Å²) in [7, 11) is 0. The van der Waals surface area contributed by atoms with Crippen LogP contribution in [0.2, 0.25) is 0 Å². The first-order chi connectivity index (χ1) is 9.74. The number of aromatic nitrogens is 1. The van der Waals surface area contributed by atoms with Gasteiger partial charge in [-0.3, -0.25) is 4.79 Å². The van der Waals surface area contributed by atoms with Crippen molar-refractivity contribution in [3.63, 3.8) is 0 Å². The lowest BCUT2D eigenvalue weighted by Crippen LogP contribution is -2.24. The van der Waals surface area contributed by atoms with Crippen molar-refractivity contribution in [2.45, 2.75) is 32.6 Å². The number of nitrogens with zero attached hydrogens (tertiary/aromatic N) is 1. The molecule has 1 aromatic carbocycles. The highest BCUT2D eigenvalue weighted by molar-refractivity contribution is 7.09. The molecule has 0 bridgehead atoms. The number of carbonyl (C=O) groups is 1. The van der Waals surface area contributed by atoms with Gasteiger partial charge >= 0.3 is 0 Å². The Morgan fingerprint density at radius 1 is 1.25 bits per heavy atom. The van der Waals surface area contributed by atoms with Crippen molar-refractivity contribution in [2.24, 2.45) is 0 Å². The van der Waals surface area contributed by atoms with Crippen molar-refractivity contribution in [3.05, 3.63) is 52.0 Å². The predicted octanol–water partition coefficient (Wildman–Crippen LogP) is 3.13. The first-order valence-corrected chi connectivity index (χ1v) is 7.83. The van der Waals surface area contributed by atoms with E-state index in [-0.39, 0.29) is 5.91 Å². The molecule has 0 fully saturated rings. The van der Waals surface area contributed by atoms with Gasteiger partial charge in [-0.25, -0.2) is 4.98 Å². The maximum atomic E-state index is 11.7. The van der Waals surface area contributed by atoms with Gasteiger partial charge in [0.1, 0.15) is 0 Å². The molecule has 106 valence electrons. The van der Waals surface area contributed by atoms with Crippen LogP contribution >= 0.6 is 11.3 Å². The van der Waals surface area contributed by atoms with E-state index >= 15 is 0 Å². The molecule has 1 amide bonds. The second-order valence-electron chi connectivity index (χ2n) is 4.82. The standard InChI is InChI=1S/C16H20N2OS/c1-13-12-20-16(18-13)8-5-11-17-15(19)10-9-14-6-3-2-4-7-14/h2-4,6-7,12H,5,8-11H2,1H3,(H,17,19). The molecule has 2 aromatic rings. The van der Waals surface area contributed by atoms with Crippen molar-refractivity contribution < 1.29 is 4.79 Å². The number of aryl methyl sites for hydroxylation is 3. The molecule has 0 aliphatic heterocycles. The third-order valence-corrected chi connectivity index (χ3v) is 4.07. The minimum atomic E-state index is 0.129. The number of carbonyl (C=O) groups excluding carboxylic acids is 1. The quantitative estimate of drug-likeness (QED) is 0.795. The molecule has 0 aliphatic rings. The van der Waals surface area contributed by atoms with Crippen molar-refractivity contribution in [3.8, 4) is 0 Å². The summed E-state index contributed by atoms with van der Waals surface area (Å²) in [4.78, 5) is 16.1. The maximum Gasteiger partial charge on any atom is 0.220 e. The van der Waals surface area contributed by atoms with Gasteiger partial charge in [-0.05, 0) is 25.3 Å². The third-order valence-electron chi connectivity index (χ3n) is 3.04. The summed E-state index contributed by atoms with van der Waals surface area (Å²) in [5.74, 6) is 0.129. The molecule has 0 saturated heterocycles. The highest BCUT2D eigenvalue weighted by Crippen LogP contribution is 2.10. The van der Waals surface area contributed by atoms with E-state index in [0.717, 1.165) is 36.5 Å². The highest BCUT2D eigenvalue weighted by atomic mass is 32.1. The first kappa shape index (κ1) is 14.7. The minimum absolute atomic E-state index is 0.129. The number of thiazole rings is 1.